The van der Waals surface area contributed by atoms with Crippen molar-refractivity contribution in [2.75, 3.05) is 18.0 Å². The predicted octanol–water partition coefficient (Wildman–Crippen LogP) is 1.46. The second-order valence-electron chi connectivity index (χ2n) is 7.84. The number of aryl methyl sites for hydroxylation is 1. The summed E-state index contributed by atoms with van der Waals surface area (Å²) in [7, 11) is 1.77. The van der Waals surface area contributed by atoms with Crippen molar-refractivity contribution in [2.45, 2.75) is 12.5 Å². The van der Waals surface area contributed by atoms with Gasteiger partial charge in [0.15, 0.2) is 17.0 Å². The number of fused-ring (bicyclic) bond motifs is 2. The van der Waals surface area contributed by atoms with E-state index in [4.69, 9.17) is 16.1 Å². The van der Waals surface area contributed by atoms with Crippen LogP contribution in [0.3, 0.4) is 0 Å². The van der Waals surface area contributed by atoms with Gasteiger partial charge in [-0.3, -0.25) is 9.36 Å². The number of pyridine rings is 1. The van der Waals surface area contributed by atoms with E-state index in [0.29, 0.717) is 45.7 Å². The Morgan fingerprint density at radius 1 is 1.17 bits per heavy atom. The van der Waals surface area contributed by atoms with Crippen molar-refractivity contribution in [3.8, 4) is 0 Å². The Hall–Kier alpha value is -3.27. The molecule has 3 atom stereocenters. The Balaban J connectivity index is 1.16. The van der Waals surface area contributed by atoms with Gasteiger partial charge >= 0.3 is 0 Å². The summed E-state index contributed by atoms with van der Waals surface area (Å²) in [5, 5.41) is 4.81. The quantitative estimate of drug-likeness (QED) is 0.484. The highest BCUT2D eigenvalue weighted by Gasteiger charge is 2.58. The molecule has 11 heteroatoms. The largest absolute Gasteiger partial charge is 0.356 e. The van der Waals surface area contributed by atoms with Crippen LogP contribution in [0.4, 0.5) is 5.82 Å². The molecule has 30 heavy (non-hydrogen) atoms. The minimum atomic E-state index is -0.186. The highest BCUT2D eigenvalue weighted by atomic mass is 35.5. The third-order valence-electron chi connectivity index (χ3n) is 6.02. The van der Waals surface area contributed by atoms with Crippen LogP contribution >= 0.6 is 11.6 Å². The van der Waals surface area contributed by atoms with Crippen LogP contribution in [0.2, 0.25) is 5.02 Å². The van der Waals surface area contributed by atoms with Crippen molar-refractivity contribution in [2.24, 2.45) is 18.9 Å². The Bertz CT molecular complexity index is 1300. The monoisotopic (exact) mass is 424 g/mol. The zero-order valence-electron chi connectivity index (χ0n) is 16.0. The number of anilines is 1. The van der Waals surface area contributed by atoms with E-state index < -0.39 is 0 Å². The van der Waals surface area contributed by atoms with Gasteiger partial charge in [0.2, 0.25) is 5.89 Å². The van der Waals surface area contributed by atoms with Crippen LogP contribution in [0.5, 0.6) is 0 Å². The van der Waals surface area contributed by atoms with Crippen molar-refractivity contribution < 1.29 is 4.52 Å². The summed E-state index contributed by atoms with van der Waals surface area (Å²) >= 11 is 5.92. The fourth-order valence-corrected chi connectivity index (χ4v) is 4.56. The van der Waals surface area contributed by atoms with Crippen LogP contribution in [0.1, 0.15) is 17.6 Å². The lowest BCUT2D eigenvalue weighted by molar-refractivity contribution is 0.363. The topological polar surface area (TPSA) is 108 Å². The minimum Gasteiger partial charge on any atom is -0.356 e. The van der Waals surface area contributed by atoms with E-state index >= 15 is 0 Å². The average Bonchev–Trinajstić information content (AvgIpc) is 3.16. The molecule has 5 heterocycles. The second kappa shape index (κ2) is 6.36. The van der Waals surface area contributed by atoms with Gasteiger partial charge in [0.1, 0.15) is 18.7 Å². The predicted molar refractivity (Wildman–Crippen MR) is 107 cm³/mol. The van der Waals surface area contributed by atoms with Gasteiger partial charge in [-0.1, -0.05) is 16.8 Å². The molecule has 10 nitrogen and oxygen atoms in total. The fourth-order valence-electron chi connectivity index (χ4n) is 4.45. The van der Waals surface area contributed by atoms with Crippen molar-refractivity contribution in [3.05, 3.63) is 58.1 Å². The minimum absolute atomic E-state index is 0.183. The van der Waals surface area contributed by atoms with Crippen LogP contribution in [-0.4, -0.2) is 47.3 Å². The summed E-state index contributed by atoms with van der Waals surface area (Å²) in [5.41, 5.74) is 0.689. The molecule has 2 fully saturated rings. The number of halogens is 1. The van der Waals surface area contributed by atoms with Crippen LogP contribution in [-0.2, 0) is 13.6 Å². The summed E-state index contributed by atoms with van der Waals surface area (Å²) in [6, 6.07) is 3.80. The number of rotatable bonds is 4. The van der Waals surface area contributed by atoms with Gasteiger partial charge in [-0.25, -0.2) is 15.0 Å². The molecule has 0 unspecified atom stereocenters. The van der Waals surface area contributed by atoms with Crippen molar-refractivity contribution >= 4 is 28.6 Å². The molecule has 0 aromatic carbocycles. The second-order valence-corrected chi connectivity index (χ2v) is 8.28. The van der Waals surface area contributed by atoms with Gasteiger partial charge in [0, 0.05) is 32.3 Å². The lowest BCUT2D eigenvalue weighted by atomic mass is 10.2. The molecule has 0 amide bonds. The summed E-state index contributed by atoms with van der Waals surface area (Å²) in [4.78, 5) is 32.2. The summed E-state index contributed by atoms with van der Waals surface area (Å²) in [6.07, 6.45) is 4.71. The van der Waals surface area contributed by atoms with E-state index in [1.165, 1.54) is 10.9 Å². The Labute approximate surface area is 175 Å². The summed E-state index contributed by atoms with van der Waals surface area (Å²) < 4.78 is 8.55. The zero-order valence-corrected chi connectivity index (χ0v) is 16.8. The molecule has 152 valence electrons. The van der Waals surface area contributed by atoms with Crippen LogP contribution in [0.15, 0.2) is 40.3 Å². The first-order valence-electron chi connectivity index (χ1n) is 9.64. The van der Waals surface area contributed by atoms with E-state index in [1.807, 2.05) is 12.1 Å². The van der Waals surface area contributed by atoms with E-state index in [1.54, 1.807) is 24.1 Å². The first kappa shape index (κ1) is 17.6. The lowest BCUT2D eigenvalue weighted by Gasteiger charge is -2.20. The molecular weight excluding hydrogens is 408 g/mol. The molecule has 2 aliphatic rings. The normalized spacial score (nSPS) is 22.6. The van der Waals surface area contributed by atoms with Gasteiger partial charge in [0.05, 0.1) is 11.3 Å². The van der Waals surface area contributed by atoms with Crippen LogP contribution in [0.25, 0.3) is 11.2 Å². The van der Waals surface area contributed by atoms with Crippen molar-refractivity contribution in [1.82, 2.24) is 34.2 Å². The third-order valence-corrected chi connectivity index (χ3v) is 6.24. The molecule has 1 saturated carbocycles. The van der Waals surface area contributed by atoms with Crippen molar-refractivity contribution in [1.29, 1.82) is 0 Å². The molecule has 6 rings (SSSR count). The standard InChI is InChI=1S/C19H17ClN8O2/c1-26-8-22-18-16(26)19(29)28(9-23-18)7-14-24-17(25-30-14)15-11-5-27(6-12(11)15)13-3-2-10(20)4-21-13/h2-4,8-9,11-12,15H,5-7H2,1H3/t11-,12+,15+. The van der Waals surface area contributed by atoms with Crippen LogP contribution < -0.4 is 10.5 Å². The molecule has 1 aliphatic heterocycles. The number of hydrogen-bond acceptors (Lipinski definition) is 8. The molecule has 1 saturated heterocycles. The number of nitrogens with zero attached hydrogens (tertiary/aromatic N) is 8. The third kappa shape index (κ3) is 2.71. The summed E-state index contributed by atoms with van der Waals surface area (Å²) in [6.45, 7) is 2.01. The maximum absolute atomic E-state index is 12.7. The molecule has 4 aromatic rings. The number of piperidine rings is 1. The number of imidazole rings is 1. The van der Waals surface area contributed by atoms with E-state index in [2.05, 4.69) is 30.0 Å². The zero-order chi connectivity index (χ0) is 20.4. The smallest absolute Gasteiger partial charge is 0.280 e. The van der Waals surface area contributed by atoms with Gasteiger partial charge in [-0.15, -0.1) is 0 Å². The summed E-state index contributed by atoms with van der Waals surface area (Å²) in [5.74, 6) is 3.33. The van der Waals surface area contributed by atoms with Crippen molar-refractivity contribution in [3.63, 3.8) is 0 Å². The average molecular weight is 425 g/mol. The first-order chi connectivity index (χ1) is 14.6. The fraction of sp³-hybridized carbons (Fsp3) is 0.368. The number of aromatic nitrogens is 7. The molecule has 0 bridgehead atoms. The molecule has 0 radical (unpaired) electrons. The van der Waals surface area contributed by atoms with Crippen LogP contribution in [0, 0.1) is 11.8 Å². The highest BCUT2D eigenvalue weighted by Crippen LogP contribution is 2.57. The molecule has 1 aliphatic carbocycles. The molecule has 0 N–H and O–H groups in total. The van der Waals surface area contributed by atoms with Gasteiger partial charge < -0.3 is 14.0 Å². The SMILES string of the molecule is Cn1cnc2ncn(Cc3nc([C@H]4[C@@H]5CN(c6ccc(Cl)cn6)C[C@@H]54)no3)c(=O)c21. The number of hydrogen-bond donors (Lipinski definition) is 0. The maximum atomic E-state index is 12.7. The first-order valence-corrected chi connectivity index (χ1v) is 10.0. The Morgan fingerprint density at radius 3 is 2.73 bits per heavy atom. The Kier molecular flexibility index (Phi) is 3.73. The molecule has 4 aromatic heterocycles. The van der Waals surface area contributed by atoms with E-state index in [-0.39, 0.29) is 12.1 Å². The van der Waals surface area contributed by atoms with Gasteiger partial charge in [0.25, 0.3) is 5.56 Å². The molecular formula is C19H17ClN8O2. The van der Waals surface area contributed by atoms with E-state index in [9.17, 15) is 4.79 Å². The maximum Gasteiger partial charge on any atom is 0.280 e. The van der Waals surface area contributed by atoms with Gasteiger partial charge in [-0.05, 0) is 24.0 Å². The van der Waals surface area contributed by atoms with E-state index in [0.717, 1.165) is 18.9 Å². The Morgan fingerprint density at radius 2 is 1.97 bits per heavy atom. The lowest BCUT2D eigenvalue weighted by Crippen LogP contribution is -2.24. The molecule has 0 spiro atoms. The highest BCUT2D eigenvalue weighted by molar-refractivity contribution is 6.30. The van der Waals surface area contributed by atoms with Gasteiger partial charge in [-0.2, -0.15) is 4.98 Å².